The number of carbonyl (C=O) groups excluding carboxylic acids is 1. The molecule has 1 saturated heterocycles. The molecular formula is C29H27F3N6O2. The van der Waals surface area contributed by atoms with Gasteiger partial charge in [0.25, 0.3) is 5.91 Å². The standard InChI is InChI=1S/C29H27F3N6O2/c1-18-5-7-22(35-27(40)19-3-2-4-21(15-19)29(30,31)32)16-25(18)37-28-33-12-9-24(36-28)20-6-8-26(34-17-20)38-13-10-23(39)11-14-38/h2-9,12,15-17,23,39H,10-11,13-14H2,1H3,(H,35,40)(H,33,36,37). The number of aliphatic hydroxyl groups excluding tert-OH is 1. The third kappa shape index (κ3) is 6.37. The van der Waals surface area contributed by atoms with E-state index in [1.54, 1.807) is 36.7 Å². The first-order valence-corrected chi connectivity index (χ1v) is 12.7. The molecule has 3 heterocycles. The van der Waals surface area contributed by atoms with E-state index in [2.05, 4.69) is 30.5 Å². The van der Waals surface area contributed by atoms with Crippen molar-refractivity contribution in [1.29, 1.82) is 0 Å². The first-order valence-electron chi connectivity index (χ1n) is 12.7. The number of hydrogen-bond donors (Lipinski definition) is 3. The number of aryl methyl sites for hydroxylation is 1. The fourth-order valence-electron chi connectivity index (χ4n) is 4.39. The minimum atomic E-state index is -4.54. The SMILES string of the molecule is Cc1ccc(NC(=O)c2cccc(C(F)(F)F)c2)cc1Nc1nccc(-c2ccc(N3CCC(O)CC3)nc2)n1. The molecule has 1 aliphatic heterocycles. The number of nitrogens with zero attached hydrogens (tertiary/aromatic N) is 4. The Morgan fingerprint density at radius 2 is 1.82 bits per heavy atom. The largest absolute Gasteiger partial charge is 0.416 e. The van der Waals surface area contributed by atoms with Crippen LogP contribution in [0.2, 0.25) is 0 Å². The molecule has 0 radical (unpaired) electrons. The van der Waals surface area contributed by atoms with Gasteiger partial charge in [0.2, 0.25) is 5.95 Å². The summed E-state index contributed by atoms with van der Waals surface area (Å²) in [5.74, 6) is 0.523. The van der Waals surface area contributed by atoms with Crippen LogP contribution in [0.3, 0.4) is 0 Å². The summed E-state index contributed by atoms with van der Waals surface area (Å²) in [6.07, 6.45) is 0.0286. The van der Waals surface area contributed by atoms with Crippen molar-refractivity contribution in [3.8, 4) is 11.3 Å². The Kier molecular flexibility index (Phi) is 7.65. The number of anilines is 4. The number of pyridine rings is 1. The van der Waals surface area contributed by atoms with Gasteiger partial charge < -0.3 is 20.6 Å². The van der Waals surface area contributed by atoms with E-state index in [9.17, 15) is 23.1 Å². The van der Waals surface area contributed by atoms with Gasteiger partial charge in [0.05, 0.1) is 17.4 Å². The van der Waals surface area contributed by atoms with Gasteiger partial charge in [0.15, 0.2) is 0 Å². The van der Waals surface area contributed by atoms with Crippen molar-refractivity contribution in [2.75, 3.05) is 28.6 Å². The topological polar surface area (TPSA) is 103 Å². The molecule has 0 unspecified atom stereocenters. The molecule has 206 valence electrons. The van der Waals surface area contributed by atoms with Crippen molar-refractivity contribution >= 4 is 29.0 Å². The molecule has 11 heteroatoms. The van der Waals surface area contributed by atoms with E-state index in [-0.39, 0.29) is 11.7 Å². The highest BCUT2D eigenvalue weighted by Gasteiger charge is 2.31. The molecule has 1 aliphatic rings. The zero-order valence-corrected chi connectivity index (χ0v) is 21.6. The number of aliphatic hydroxyl groups is 1. The third-order valence-electron chi connectivity index (χ3n) is 6.68. The highest BCUT2D eigenvalue weighted by molar-refractivity contribution is 6.04. The van der Waals surface area contributed by atoms with Gasteiger partial charge in [-0.2, -0.15) is 13.2 Å². The van der Waals surface area contributed by atoms with E-state index in [0.29, 0.717) is 23.0 Å². The van der Waals surface area contributed by atoms with Gasteiger partial charge in [-0.05, 0) is 73.9 Å². The van der Waals surface area contributed by atoms with Gasteiger partial charge >= 0.3 is 6.18 Å². The van der Waals surface area contributed by atoms with Gasteiger partial charge in [-0.1, -0.05) is 12.1 Å². The molecule has 0 aliphatic carbocycles. The molecule has 40 heavy (non-hydrogen) atoms. The van der Waals surface area contributed by atoms with Crippen LogP contribution in [-0.2, 0) is 6.18 Å². The van der Waals surface area contributed by atoms with Gasteiger partial charge in [-0.3, -0.25) is 4.79 Å². The second kappa shape index (κ2) is 11.3. The number of carbonyl (C=O) groups is 1. The number of rotatable bonds is 6. The Morgan fingerprint density at radius 3 is 2.55 bits per heavy atom. The first-order chi connectivity index (χ1) is 19.2. The zero-order valence-electron chi connectivity index (χ0n) is 21.6. The van der Waals surface area contributed by atoms with Crippen molar-refractivity contribution in [2.45, 2.75) is 32.0 Å². The van der Waals surface area contributed by atoms with Crippen molar-refractivity contribution in [3.63, 3.8) is 0 Å². The summed E-state index contributed by atoms with van der Waals surface area (Å²) in [5, 5.41) is 15.5. The molecule has 1 amide bonds. The first kappa shape index (κ1) is 27.1. The Labute approximate surface area is 228 Å². The molecule has 0 saturated carbocycles. The lowest BCUT2D eigenvalue weighted by Gasteiger charge is -2.30. The number of piperidine rings is 1. The monoisotopic (exact) mass is 548 g/mol. The quantitative estimate of drug-likeness (QED) is 0.279. The van der Waals surface area contributed by atoms with Gasteiger partial charge in [0, 0.05) is 48.0 Å². The lowest BCUT2D eigenvalue weighted by Crippen LogP contribution is -2.36. The van der Waals surface area contributed by atoms with Crippen LogP contribution < -0.4 is 15.5 Å². The van der Waals surface area contributed by atoms with Crippen LogP contribution in [0.5, 0.6) is 0 Å². The lowest BCUT2D eigenvalue weighted by atomic mass is 10.1. The molecule has 3 N–H and O–H groups in total. The average molecular weight is 549 g/mol. The van der Waals surface area contributed by atoms with Crippen LogP contribution in [0, 0.1) is 6.92 Å². The maximum atomic E-state index is 13.0. The van der Waals surface area contributed by atoms with E-state index in [1.807, 2.05) is 19.1 Å². The number of hydrogen-bond acceptors (Lipinski definition) is 7. The van der Waals surface area contributed by atoms with Crippen molar-refractivity contribution < 1.29 is 23.1 Å². The molecule has 1 fully saturated rings. The highest BCUT2D eigenvalue weighted by Crippen LogP contribution is 2.30. The summed E-state index contributed by atoms with van der Waals surface area (Å²) < 4.78 is 39.1. The maximum absolute atomic E-state index is 13.0. The minimum Gasteiger partial charge on any atom is -0.393 e. The number of nitrogens with one attached hydrogen (secondary N) is 2. The normalized spacial score (nSPS) is 14.2. The molecule has 0 bridgehead atoms. The predicted octanol–water partition coefficient (Wildman–Crippen LogP) is 5.82. The maximum Gasteiger partial charge on any atom is 0.416 e. The van der Waals surface area contributed by atoms with E-state index < -0.39 is 17.6 Å². The summed E-state index contributed by atoms with van der Waals surface area (Å²) >= 11 is 0. The summed E-state index contributed by atoms with van der Waals surface area (Å²) in [6.45, 7) is 3.38. The zero-order chi connectivity index (χ0) is 28.3. The Hall–Kier alpha value is -4.51. The Bertz CT molecular complexity index is 1500. The molecule has 0 atom stereocenters. The number of halogens is 3. The average Bonchev–Trinajstić information content (AvgIpc) is 2.95. The number of aromatic nitrogens is 3. The molecule has 2 aromatic heterocycles. The second-order valence-corrected chi connectivity index (χ2v) is 9.58. The van der Waals surface area contributed by atoms with Gasteiger partial charge in [-0.25, -0.2) is 15.0 Å². The van der Waals surface area contributed by atoms with Gasteiger partial charge in [-0.15, -0.1) is 0 Å². The molecular weight excluding hydrogens is 521 g/mol. The third-order valence-corrected chi connectivity index (χ3v) is 6.68. The summed E-state index contributed by atoms with van der Waals surface area (Å²) in [5.41, 5.74) is 2.36. The molecule has 0 spiro atoms. The number of amides is 1. The number of benzene rings is 2. The summed E-state index contributed by atoms with van der Waals surface area (Å²) in [4.78, 5) is 28.3. The summed E-state index contributed by atoms with van der Waals surface area (Å²) in [6, 6.07) is 15.0. The van der Waals surface area contributed by atoms with Crippen molar-refractivity contribution in [2.24, 2.45) is 0 Å². The van der Waals surface area contributed by atoms with Crippen LogP contribution in [0.4, 0.5) is 36.3 Å². The summed E-state index contributed by atoms with van der Waals surface area (Å²) in [7, 11) is 0. The van der Waals surface area contributed by atoms with Crippen molar-refractivity contribution in [1.82, 2.24) is 15.0 Å². The highest BCUT2D eigenvalue weighted by atomic mass is 19.4. The van der Waals surface area contributed by atoms with E-state index in [0.717, 1.165) is 55.0 Å². The van der Waals surface area contributed by atoms with E-state index >= 15 is 0 Å². The van der Waals surface area contributed by atoms with Crippen LogP contribution >= 0.6 is 0 Å². The van der Waals surface area contributed by atoms with Crippen molar-refractivity contribution in [3.05, 3.63) is 89.7 Å². The van der Waals surface area contributed by atoms with E-state index in [4.69, 9.17) is 0 Å². The van der Waals surface area contributed by atoms with Crippen LogP contribution in [-0.4, -0.2) is 45.2 Å². The van der Waals surface area contributed by atoms with Crippen LogP contribution in [0.25, 0.3) is 11.3 Å². The fourth-order valence-corrected chi connectivity index (χ4v) is 4.39. The number of alkyl halides is 3. The molecule has 4 aromatic rings. The smallest absolute Gasteiger partial charge is 0.393 e. The van der Waals surface area contributed by atoms with Crippen LogP contribution in [0.15, 0.2) is 73.1 Å². The molecule has 8 nitrogen and oxygen atoms in total. The van der Waals surface area contributed by atoms with E-state index in [1.165, 1.54) is 12.1 Å². The predicted molar refractivity (Wildman–Crippen MR) is 147 cm³/mol. The Balaban J connectivity index is 1.29. The Morgan fingerprint density at radius 1 is 1.02 bits per heavy atom. The van der Waals surface area contributed by atoms with Gasteiger partial charge in [0.1, 0.15) is 5.82 Å². The molecule has 5 rings (SSSR count). The van der Waals surface area contributed by atoms with Crippen LogP contribution in [0.1, 0.15) is 34.3 Å². The molecule has 2 aromatic carbocycles. The minimum absolute atomic E-state index is 0.0987. The second-order valence-electron chi connectivity index (χ2n) is 9.58. The lowest BCUT2D eigenvalue weighted by molar-refractivity contribution is -0.137. The fraction of sp³-hybridized carbons (Fsp3) is 0.241.